The van der Waals surface area contributed by atoms with Crippen LogP contribution in [0.15, 0.2) is 0 Å². The smallest absolute Gasteiger partial charge is 0.321 e. The van der Waals surface area contributed by atoms with E-state index < -0.39 is 33.3 Å². The predicted molar refractivity (Wildman–Crippen MR) is 75.0 cm³/mol. The fourth-order valence-corrected chi connectivity index (χ4v) is 2.01. The topological polar surface area (TPSA) is 142 Å². The Morgan fingerprint density at radius 1 is 1.10 bits per heavy atom. The van der Waals surface area contributed by atoms with Crippen LogP contribution in [-0.4, -0.2) is 50.8 Å². The normalized spacial score (nSPS) is 11.8. The average molecular weight is 323 g/mol. The Hall–Kier alpha value is -1.68. The molecule has 0 heterocycles. The monoisotopic (exact) mass is 323 g/mol. The third-order valence-electron chi connectivity index (χ3n) is 2.30. The van der Waals surface area contributed by atoms with Crippen LogP contribution in [0.1, 0.15) is 26.7 Å². The second-order valence-corrected chi connectivity index (χ2v) is 7.22. The Labute approximate surface area is 123 Å². The van der Waals surface area contributed by atoms with E-state index in [0.29, 0.717) is 0 Å². The lowest BCUT2D eigenvalue weighted by atomic mass is 9.85. The molecule has 0 rings (SSSR count). The highest BCUT2D eigenvalue weighted by molar-refractivity contribution is 7.88. The summed E-state index contributed by atoms with van der Waals surface area (Å²) in [4.78, 5) is 33.5. The first-order valence-electron chi connectivity index (χ1n) is 6.15. The van der Waals surface area contributed by atoms with Gasteiger partial charge in [-0.25, -0.2) is 17.9 Å². The van der Waals surface area contributed by atoms with E-state index in [0.717, 1.165) is 6.26 Å². The summed E-state index contributed by atoms with van der Waals surface area (Å²) in [6, 6.07) is -0.763. The van der Waals surface area contributed by atoms with Gasteiger partial charge in [-0.3, -0.25) is 14.9 Å². The van der Waals surface area contributed by atoms with Crippen molar-refractivity contribution in [1.82, 2.24) is 15.4 Å². The van der Waals surface area contributed by atoms with Crippen molar-refractivity contribution in [1.29, 1.82) is 0 Å². The van der Waals surface area contributed by atoms with Gasteiger partial charge in [0.2, 0.25) is 15.9 Å². The van der Waals surface area contributed by atoms with Crippen molar-refractivity contribution in [2.75, 3.05) is 19.3 Å². The molecule has 0 unspecified atom stereocenters. The highest BCUT2D eigenvalue weighted by Gasteiger charge is 2.25. The van der Waals surface area contributed by atoms with Gasteiger partial charge in [0.05, 0.1) is 12.7 Å². The molecule has 0 aromatic heterocycles. The first-order chi connectivity index (χ1) is 9.41. The van der Waals surface area contributed by atoms with Crippen LogP contribution in [0.2, 0.25) is 0 Å². The van der Waals surface area contributed by atoms with Gasteiger partial charge in [-0.1, -0.05) is 13.8 Å². The van der Waals surface area contributed by atoms with Gasteiger partial charge in [0, 0.05) is 19.5 Å². The van der Waals surface area contributed by atoms with E-state index >= 15 is 0 Å². The average Bonchev–Trinajstić information content (AvgIpc) is 2.19. The molecule has 0 aromatic carbocycles. The van der Waals surface area contributed by atoms with Gasteiger partial charge in [-0.15, -0.1) is 0 Å². The molecule has 3 amide bonds. The molecule has 0 saturated carbocycles. The molecule has 9 nitrogen and oxygen atoms in total. The fourth-order valence-electron chi connectivity index (χ4n) is 1.53. The van der Waals surface area contributed by atoms with Gasteiger partial charge in [-0.2, -0.15) is 0 Å². The first-order valence-corrected chi connectivity index (χ1v) is 8.04. The van der Waals surface area contributed by atoms with E-state index in [1.54, 1.807) is 13.8 Å². The van der Waals surface area contributed by atoms with Crippen LogP contribution in [0.25, 0.3) is 0 Å². The number of aliphatic carboxylic acids is 1. The summed E-state index contributed by atoms with van der Waals surface area (Å²) in [5, 5.41) is 13.0. The molecule has 0 radical (unpaired) electrons. The van der Waals surface area contributed by atoms with Gasteiger partial charge in [0.1, 0.15) is 0 Å². The number of nitrogens with one attached hydrogen (secondary N) is 3. The maximum absolute atomic E-state index is 11.6. The number of carbonyl (C=O) groups excluding carboxylic acids is 2. The molecule has 21 heavy (non-hydrogen) atoms. The Morgan fingerprint density at radius 2 is 1.67 bits per heavy atom. The van der Waals surface area contributed by atoms with Crippen molar-refractivity contribution in [2.45, 2.75) is 26.7 Å². The van der Waals surface area contributed by atoms with E-state index in [1.807, 2.05) is 5.32 Å². The van der Waals surface area contributed by atoms with Crippen molar-refractivity contribution < 1.29 is 27.9 Å². The molecule has 0 spiro atoms. The summed E-state index contributed by atoms with van der Waals surface area (Å²) in [5.41, 5.74) is -0.770. The van der Waals surface area contributed by atoms with Crippen LogP contribution in [0, 0.1) is 5.41 Å². The second-order valence-electron chi connectivity index (χ2n) is 5.38. The number of imide groups is 1. The lowest BCUT2D eigenvalue weighted by Crippen LogP contribution is -2.43. The summed E-state index contributed by atoms with van der Waals surface area (Å²) >= 11 is 0. The number of hydrogen-bond acceptors (Lipinski definition) is 5. The SMILES string of the molecule is CC(C)(CC(=O)O)CC(=O)NC(=O)NCCNS(C)(=O)=O. The standard InChI is InChI=1S/C11H21N3O6S/c1-11(2,7-9(16)17)6-8(15)14-10(18)12-4-5-13-21(3,19)20/h13H,4-7H2,1-3H3,(H,16,17)(H2,12,14,15,18). The first kappa shape index (κ1) is 19.3. The molecule has 0 aliphatic carbocycles. The molecule has 0 fully saturated rings. The van der Waals surface area contributed by atoms with Crippen LogP contribution in [0.5, 0.6) is 0 Å². The summed E-state index contributed by atoms with van der Waals surface area (Å²) in [6.45, 7) is 3.24. The number of hydrogen-bond donors (Lipinski definition) is 4. The zero-order chi connectivity index (χ0) is 16.7. The highest BCUT2D eigenvalue weighted by atomic mass is 32.2. The van der Waals surface area contributed by atoms with E-state index in [9.17, 15) is 22.8 Å². The quantitative estimate of drug-likeness (QED) is 0.433. The largest absolute Gasteiger partial charge is 0.481 e. The Bertz CT molecular complexity index is 500. The van der Waals surface area contributed by atoms with E-state index in [2.05, 4.69) is 10.0 Å². The molecular weight excluding hydrogens is 302 g/mol. The van der Waals surface area contributed by atoms with Crippen LogP contribution in [-0.2, 0) is 19.6 Å². The summed E-state index contributed by atoms with van der Waals surface area (Å²) in [7, 11) is -3.32. The Kier molecular flexibility index (Phi) is 7.30. The molecule has 0 saturated heterocycles. The maximum atomic E-state index is 11.6. The number of carboxylic acid groups (broad SMARTS) is 1. The highest BCUT2D eigenvalue weighted by Crippen LogP contribution is 2.24. The third-order valence-corrected chi connectivity index (χ3v) is 3.03. The number of carboxylic acids is 1. The van der Waals surface area contributed by atoms with Crippen LogP contribution in [0.4, 0.5) is 4.79 Å². The van der Waals surface area contributed by atoms with Crippen molar-refractivity contribution >= 4 is 27.9 Å². The number of carbonyl (C=O) groups is 3. The van der Waals surface area contributed by atoms with Gasteiger partial charge >= 0.3 is 12.0 Å². The van der Waals surface area contributed by atoms with Crippen molar-refractivity contribution in [3.63, 3.8) is 0 Å². The number of urea groups is 1. The molecular formula is C11H21N3O6S. The zero-order valence-corrected chi connectivity index (χ0v) is 13.0. The van der Waals surface area contributed by atoms with Gasteiger partial charge in [0.15, 0.2) is 0 Å². The molecule has 4 N–H and O–H groups in total. The second kappa shape index (κ2) is 7.93. The lowest BCUT2D eigenvalue weighted by molar-refractivity contribution is -0.139. The lowest BCUT2D eigenvalue weighted by Gasteiger charge is -2.21. The molecule has 122 valence electrons. The number of amides is 3. The fraction of sp³-hybridized carbons (Fsp3) is 0.727. The van der Waals surface area contributed by atoms with E-state index in [1.165, 1.54) is 0 Å². The molecule has 10 heteroatoms. The van der Waals surface area contributed by atoms with E-state index in [4.69, 9.17) is 5.11 Å². The summed E-state index contributed by atoms with van der Waals surface area (Å²) in [5.74, 6) is -1.63. The van der Waals surface area contributed by atoms with Crippen LogP contribution >= 0.6 is 0 Å². The Balaban J connectivity index is 4.05. The number of sulfonamides is 1. The predicted octanol–water partition coefficient (Wildman–Crippen LogP) is -0.748. The van der Waals surface area contributed by atoms with Crippen molar-refractivity contribution in [2.24, 2.45) is 5.41 Å². The molecule has 0 aromatic rings. The minimum Gasteiger partial charge on any atom is -0.481 e. The maximum Gasteiger partial charge on any atom is 0.321 e. The van der Waals surface area contributed by atoms with Gasteiger partial charge in [0.25, 0.3) is 0 Å². The minimum atomic E-state index is -3.32. The summed E-state index contributed by atoms with van der Waals surface area (Å²) in [6.07, 6.45) is 0.676. The molecule has 0 bridgehead atoms. The number of rotatable bonds is 8. The molecule has 0 atom stereocenters. The van der Waals surface area contributed by atoms with Gasteiger partial charge in [-0.05, 0) is 5.41 Å². The van der Waals surface area contributed by atoms with Crippen molar-refractivity contribution in [3.05, 3.63) is 0 Å². The van der Waals surface area contributed by atoms with E-state index in [-0.39, 0.29) is 25.9 Å². The zero-order valence-electron chi connectivity index (χ0n) is 12.2. The van der Waals surface area contributed by atoms with Crippen LogP contribution < -0.4 is 15.4 Å². The Morgan fingerprint density at radius 3 is 2.14 bits per heavy atom. The summed E-state index contributed by atoms with van der Waals surface area (Å²) < 4.78 is 23.7. The minimum absolute atomic E-state index is 0.00491. The van der Waals surface area contributed by atoms with Crippen LogP contribution in [0.3, 0.4) is 0 Å². The van der Waals surface area contributed by atoms with Crippen molar-refractivity contribution in [3.8, 4) is 0 Å². The van der Waals surface area contributed by atoms with Gasteiger partial charge < -0.3 is 10.4 Å². The third kappa shape index (κ3) is 11.8. The molecule has 0 aliphatic rings. The molecule has 0 aliphatic heterocycles.